The molecule has 5 nitrogen and oxygen atoms in total. The summed E-state index contributed by atoms with van der Waals surface area (Å²) in [4.78, 5) is 13.2. The van der Waals surface area contributed by atoms with Gasteiger partial charge in [0.05, 0.1) is 18.8 Å². The molecule has 0 spiro atoms. The Kier molecular flexibility index (Phi) is 9.52. The number of carboxylic acids is 1. The largest absolute Gasteiger partial charge is 0.481 e. The van der Waals surface area contributed by atoms with E-state index in [4.69, 9.17) is 9.84 Å². The van der Waals surface area contributed by atoms with Gasteiger partial charge in [0.1, 0.15) is 0 Å². The maximum atomic E-state index is 11.0. The molecule has 1 aliphatic carbocycles. The van der Waals surface area contributed by atoms with Gasteiger partial charge in [0, 0.05) is 24.8 Å². The maximum Gasteiger partial charge on any atom is 0.303 e. The molecule has 0 bridgehead atoms. The summed E-state index contributed by atoms with van der Waals surface area (Å²) in [7, 11) is 0. The van der Waals surface area contributed by atoms with Gasteiger partial charge >= 0.3 is 5.97 Å². The topological polar surface area (TPSA) is 70.0 Å². The van der Waals surface area contributed by atoms with E-state index in [-0.39, 0.29) is 30.6 Å². The number of hydrogen-bond donors (Lipinski definition) is 2. The average molecular weight is 478 g/mol. The molecule has 2 aromatic rings. The third-order valence-corrected chi connectivity index (χ3v) is 7.46. The van der Waals surface area contributed by atoms with Crippen molar-refractivity contribution >= 4 is 5.97 Å². The van der Waals surface area contributed by atoms with Crippen LogP contribution in [0.2, 0.25) is 0 Å². The van der Waals surface area contributed by atoms with Crippen LogP contribution in [0.4, 0.5) is 0 Å². The highest BCUT2D eigenvalue weighted by atomic mass is 16.5. The smallest absolute Gasteiger partial charge is 0.303 e. The minimum atomic E-state index is -0.743. The number of aliphatic carboxylic acids is 1. The lowest BCUT2D eigenvalue weighted by Gasteiger charge is -2.37. The number of carbonyl (C=O) groups is 1. The maximum absolute atomic E-state index is 11.0. The highest BCUT2D eigenvalue weighted by Gasteiger charge is 2.45. The lowest BCUT2D eigenvalue weighted by Crippen LogP contribution is -2.47. The summed E-state index contributed by atoms with van der Waals surface area (Å²) in [5, 5.41) is 19.9. The molecule has 0 radical (unpaired) electrons. The summed E-state index contributed by atoms with van der Waals surface area (Å²) in [6.07, 6.45) is 10.7. The summed E-state index contributed by atoms with van der Waals surface area (Å²) >= 11 is 0. The number of unbranched alkanes of at least 4 members (excludes halogenated alkanes) is 1. The van der Waals surface area contributed by atoms with Crippen molar-refractivity contribution in [2.24, 2.45) is 5.92 Å². The second-order valence-electron chi connectivity index (χ2n) is 9.96. The van der Waals surface area contributed by atoms with E-state index in [1.807, 2.05) is 6.07 Å². The van der Waals surface area contributed by atoms with Crippen molar-refractivity contribution in [2.75, 3.05) is 13.1 Å². The first-order valence-corrected chi connectivity index (χ1v) is 13.2. The zero-order chi connectivity index (χ0) is 24.5. The Hall–Kier alpha value is -2.47. The van der Waals surface area contributed by atoms with E-state index < -0.39 is 5.97 Å². The van der Waals surface area contributed by atoms with Gasteiger partial charge < -0.3 is 14.9 Å². The Labute approximate surface area is 209 Å². The van der Waals surface area contributed by atoms with Gasteiger partial charge in [-0.2, -0.15) is 0 Å². The normalized spacial score (nSPS) is 25.3. The van der Waals surface area contributed by atoms with E-state index in [0.717, 1.165) is 31.5 Å². The molecule has 0 unspecified atom stereocenters. The molecule has 1 saturated carbocycles. The first kappa shape index (κ1) is 25.6. The molecule has 4 rings (SSSR count). The number of nitrogens with zero attached hydrogens (tertiary/aromatic N) is 1. The summed E-state index contributed by atoms with van der Waals surface area (Å²) < 4.78 is 6.45. The van der Waals surface area contributed by atoms with Crippen molar-refractivity contribution in [3.8, 4) is 11.1 Å². The minimum absolute atomic E-state index is 0.00870. The van der Waals surface area contributed by atoms with Gasteiger partial charge in [-0.25, -0.2) is 0 Å². The van der Waals surface area contributed by atoms with Crippen LogP contribution in [-0.2, 0) is 16.1 Å². The van der Waals surface area contributed by atoms with E-state index in [1.165, 1.54) is 30.4 Å². The number of aliphatic hydroxyl groups excluding tert-OH is 1. The third kappa shape index (κ3) is 7.26. The fourth-order valence-electron chi connectivity index (χ4n) is 5.64. The van der Waals surface area contributed by atoms with Crippen molar-refractivity contribution in [3.63, 3.8) is 0 Å². The molecule has 0 aromatic heterocycles. The van der Waals surface area contributed by atoms with E-state index in [0.29, 0.717) is 19.4 Å². The molecule has 4 atom stereocenters. The monoisotopic (exact) mass is 477 g/mol. The summed E-state index contributed by atoms with van der Waals surface area (Å²) in [5.74, 6) is -0.504. The van der Waals surface area contributed by atoms with Crippen LogP contribution < -0.4 is 0 Å². The van der Waals surface area contributed by atoms with Crippen molar-refractivity contribution < 1.29 is 19.7 Å². The van der Waals surface area contributed by atoms with E-state index in [1.54, 1.807) is 0 Å². The second-order valence-corrected chi connectivity index (χ2v) is 9.96. The Bertz CT molecular complexity index is 937. The van der Waals surface area contributed by atoms with Crippen LogP contribution in [0.3, 0.4) is 0 Å². The van der Waals surface area contributed by atoms with Gasteiger partial charge in [0.2, 0.25) is 0 Å². The van der Waals surface area contributed by atoms with Gasteiger partial charge in [0.25, 0.3) is 0 Å². The van der Waals surface area contributed by atoms with Crippen molar-refractivity contribution in [1.29, 1.82) is 0 Å². The van der Waals surface area contributed by atoms with Crippen LogP contribution in [0.15, 0.2) is 66.7 Å². The molecule has 188 valence electrons. The fraction of sp³-hybridized carbons (Fsp3) is 0.500. The first-order chi connectivity index (χ1) is 17.1. The Morgan fingerprint density at radius 2 is 1.69 bits per heavy atom. The Balaban J connectivity index is 1.38. The van der Waals surface area contributed by atoms with Crippen molar-refractivity contribution in [3.05, 3.63) is 72.3 Å². The lowest BCUT2D eigenvalue weighted by molar-refractivity contribution is -0.137. The predicted molar refractivity (Wildman–Crippen MR) is 139 cm³/mol. The minimum Gasteiger partial charge on any atom is -0.481 e. The molecule has 2 fully saturated rings. The van der Waals surface area contributed by atoms with Gasteiger partial charge in [-0.15, -0.1) is 0 Å². The molecule has 35 heavy (non-hydrogen) atoms. The van der Waals surface area contributed by atoms with Gasteiger partial charge in [0.15, 0.2) is 0 Å². The highest BCUT2D eigenvalue weighted by molar-refractivity contribution is 5.66. The Morgan fingerprint density at radius 3 is 2.40 bits per heavy atom. The molecule has 1 aliphatic heterocycles. The summed E-state index contributed by atoms with van der Waals surface area (Å²) in [6.45, 7) is 2.64. The molecule has 2 aliphatic rings. The van der Waals surface area contributed by atoms with Crippen LogP contribution in [0, 0.1) is 5.92 Å². The number of carboxylic acid groups (broad SMARTS) is 1. The molecule has 2 N–H and O–H groups in total. The van der Waals surface area contributed by atoms with Crippen LogP contribution in [0.25, 0.3) is 11.1 Å². The van der Waals surface area contributed by atoms with Crippen molar-refractivity contribution in [1.82, 2.24) is 4.90 Å². The molecule has 0 amide bonds. The molecular formula is C30H39NO4. The number of likely N-dealkylation sites (tertiary alicyclic amines) is 1. The van der Waals surface area contributed by atoms with Crippen LogP contribution in [0.1, 0.15) is 56.9 Å². The number of aliphatic hydroxyl groups is 1. The molecule has 1 saturated heterocycles. The molecule has 2 aromatic carbocycles. The van der Waals surface area contributed by atoms with Crippen LogP contribution >= 0.6 is 0 Å². The average Bonchev–Trinajstić information content (AvgIpc) is 3.20. The fourth-order valence-corrected chi connectivity index (χ4v) is 5.64. The van der Waals surface area contributed by atoms with Crippen LogP contribution in [0.5, 0.6) is 0 Å². The highest BCUT2D eigenvalue weighted by Crippen LogP contribution is 2.37. The zero-order valence-electron chi connectivity index (χ0n) is 20.6. The second kappa shape index (κ2) is 13.0. The quantitative estimate of drug-likeness (QED) is 0.322. The predicted octanol–water partition coefficient (Wildman–Crippen LogP) is 5.68. The lowest BCUT2D eigenvalue weighted by atomic mass is 9.93. The third-order valence-electron chi connectivity index (χ3n) is 7.46. The first-order valence-electron chi connectivity index (χ1n) is 13.2. The van der Waals surface area contributed by atoms with E-state index in [2.05, 4.69) is 65.6 Å². The Morgan fingerprint density at radius 1 is 0.971 bits per heavy atom. The van der Waals surface area contributed by atoms with E-state index in [9.17, 15) is 9.90 Å². The number of benzene rings is 2. The number of allylic oxidation sites excluding steroid dienone is 2. The molecule has 5 heteroatoms. The molecule has 1 heterocycles. The van der Waals surface area contributed by atoms with Gasteiger partial charge in [-0.1, -0.05) is 73.2 Å². The zero-order valence-corrected chi connectivity index (χ0v) is 20.6. The number of hydrogen-bond acceptors (Lipinski definition) is 4. The van der Waals surface area contributed by atoms with Crippen molar-refractivity contribution in [2.45, 2.75) is 76.2 Å². The summed E-state index contributed by atoms with van der Waals surface area (Å²) in [6, 6.07) is 19.0. The summed E-state index contributed by atoms with van der Waals surface area (Å²) in [5.41, 5.74) is 3.55. The number of rotatable bonds is 11. The van der Waals surface area contributed by atoms with E-state index >= 15 is 0 Å². The molecular weight excluding hydrogens is 438 g/mol. The van der Waals surface area contributed by atoms with Gasteiger partial charge in [-0.05, 0) is 61.9 Å². The SMILES string of the molecule is O=C(O)CCC/C=C\C[C@@H]1[C@@H](N2CCCCC2)[C@@H](O)C[C@@H]1OCc1ccc(-c2ccccc2)cc1. The van der Waals surface area contributed by atoms with Gasteiger partial charge in [-0.3, -0.25) is 9.69 Å². The number of ether oxygens (including phenoxy) is 1. The number of piperidine rings is 1. The van der Waals surface area contributed by atoms with Crippen LogP contribution in [-0.4, -0.2) is 52.4 Å². The standard InChI is InChI=1S/C30H39NO4/c32-27-21-28(35-22-23-15-17-25(18-16-23)24-11-5-3-6-12-24)26(13-7-1-2-8-14-29(33)34)30(27)31-19-9-4-10-20-31/h1,3,5-7,11-12,15-18,26-28,30,32H,2,4,8-10,13-14,19-22H2,(H,33,34)/b7-1-/t26-,27-,28-,30+/m0/s1.